The van der Waals surface area contributed by atoms with Gasteiger partial charge >= 0.3 is 12.4 Å². The molecule has 0 N–H and O–H groups in total. The van der Waals surface area contributed by atoms with Gasteiger partial charge < -0.3 is 9.47 Å². The molecule has 3 aromatic rings. The summed E-state index contributed by atoms with van der Waals surface area (Å²) in [5, 5.41) is 7.13. The van der Waals surface area contributed by atoms with Gasteiger partial charge in [0.05, 0.1) is 0 Å². The topological polar surface area (TPSA) is 70.0 Å². The number of halogens is 6. The fourth-order valence-electron chi connectivity index (χ4n) is 1.89. The van der Waals surface area contributed by atoms with E-state index >= 15 is 0 Å². The van der Waals surface area contributed by atoms with Crippen molar-refractivity contribution in [2.75, 3.05) is 0 Å². The molecule has 3 heterocycles. The first-order chi connectivity index (χ1) is 13.1. The average molecular weight is 402 g/mol. The molecule has 3 aromatic heterocycles. The smallest absolute Gasteiger partial charge is 0.419 e. The highest BCUT2D eigenvalue weighted by Gasteiger charge is 2.33. The van der Waals surface area contributed by atoms with E-state index in [1.807, 2.05) is 0 Å². The predicted molar refractivity (Wildman–Crippen MR) is 80.7 cm³/mol. The van der Waals surface area contributed by atoms with E-state index in [1.165, 1.54) is 24.3 Å². The Balaban J connectivity index is 1.71. The second kappa shape index (κ2) is 7.29. The number of alkyl halides is 6. The van der Waals surface area contributed by atoms with Crippen LogP contribution in [0.3, 0.4) is 0 Å². The van der Waals surface area contributed by atoms with Gasteiger partial charge in [-0.15, -0.1) is 10.2 Å². The van der Waals surface area contributed by atoms with Crippen molar-refractivity contribution in [3.05, 3.63) is 59.9 Å². The van der Waals surface area contributed by atoms with Crippen molar-refractivity contribution in [3.63, 3.8) is 0 Å². The van der Waals surface area contributed by atoms with E-state index in [-0.39, 0.29) is 23.5 Å². The monoisotopic (exact) mass is 402 g/mol. The summed E-state index contributed by atoms with van der Waals surface area (Å²) in [4.78, 5) is 6.60. The van der Waals surface area contributed by atoms with Gasteiger partial charge in [-0.3, -0.25) is 0 Å². The Morgan fingerprint density at radius 1 is 0.536 bits per heavy atom. The lowest BCUT2D eigenvalue weighted by molar-refractivity contribution is -0.142. The van der Waals surface area contributed by atoms with Crippen LogP contribution in [0.1, 0.15) is 11.4 Å². The molecular formula is C16H8F6N4O2. The minimum absolute atomic E-state index is 0.198. The third kappa shape index (κ3) is 4.84. The first-order valence-corrected chi connectivity index (χ1v) is 7.39. The number of pyridine rings is 2. The summed E-state index contributed by atoms with van der Waals surface area (Å²) in [7, 11) is 0. The first kappa shape index (κ1) is 19.3. The molecular weight excluding hydrogens is 394 g/mol. The fraction of sp³-hybridized carbons (Fsp3) is 0.125. The third-order valence-corrected chi connectivity index (χ3v) is 3.06. The summed E-state index contributed by atoms with van der Waals surface area (Å²) in [6, 6.07) is 8.53. The van der Waals surface area contributed by atoms with Gasteiger partial charge in [-0.25, -0.2) is 9.97 Å². The number of hydrogen-bond donors (Lipinski definition) is 0. The second-order valence-electron chi connectivity index (χ2n) is 5.13. The van der Waals surface area contributed by atoms with Crippen molar-refractivity contribution < 1.29 is 35.8 Å². The number of aromatic nitrogens is 4. The minimum atomic E-state index is -4.64. The second-order valence-corrected chi connectivity index (χ2v) is 5.13. The van der Waals surface area contributed by atoms with Crippen molar-refractivity contribution in [1.82, 2.24) is 20.2 Å². The van der Waals surface area contributed by atoms with Crippen molar-refractivity contribution in [3.8, 4) is 23.5 Å². The lowest BCUT2D eigenvalue weighted by Gasteiger charge is -2.09. The lowest BCUT2D eigenvalue weighted by Crippen LogP contribution is -2.08. The zero-order valence-corrected chi connectivity index (χ0v) is 13.5. The fourth-order valence-corrected chi connectivity index (χ4v) is 1.89. The summed E-state index contributed by atoms with van der Waals surface area (Å²) in [6.45, 7) is 0. The number of ether oxygens (including phenoxy) is 2. The summed E-state index contributed by atoms with van der Waals surface area (Å²) in [5.41, 5.74) is -2.29. The molecule has 0 aromatic carbocycles. The van der Waals surface area contributed by atoms with Gasteiger partial charge in [-0.05, 0) is 12.1 Å². The van der Waals surface area contributed by atoms with Gasteiger partial charge in [0.1, 0.15) is 11.4 Å². The highest BCUT2D eigenvalue weighted by atomic mass is 19.4. The van der Waals surface area contributed by atoms with Crippen molar-refractivity contribution in [2.24, 2.45) is 0 Å². The summed E-state index contributed by atoms with van der Waals surface area (Å²) in [6.07, 6.45) is -9.28. The molecule has 146 valence electrons. The van der Waals surface area contributed by atoms with E-state index < -0.39 is 23.7 Å². The largest absolute Gasteiger partial charge is 0.433 e. The molecule has 0 aliphatic carbocycles. The Kier molecular flexibility index (Phi) is 5.03. The molecule has 0 aliphatic rings. The third-order valence-electron chi connectivity index (χ3n) is 3.06. The molecule has 12 heteroatoms. The Morgan fingerprint density at radius 2 is 0.929 bits per heavy atom. The highest BCUT2D eigenvalue weighted by molar-refractivity contribution is 5.26. The van der Waals surface area contributed by atoms with Crippen LogP contribution < -0.4 is 9.47 Å². The van der Waals surface area contributed by atoms with E-state index in [0.717, 1.165) is 24.3 Å². The highest BCUT2D eigenvalue weighted by Crippen LogP contribution is 2.31. The quantitative estimate of drug-likeness (QED) is 0.579. The zero-order valence-electron chi connectivity index (χ0n) is 13.5. The van der Waals surface area contributed by atoms with Crippen LogP contribution in [0.5, 0.6) is 23.5 Å². The van der Waals surface area contributed by atoms with Gasteiger partial charge in [-0.2, -0.15) is 26.3 Å². The van der Waals surface area contributed by atoms with E-state index in [1.54, 1.807) is 0 Å². The molecule has 0 amide bonds. The molecule has 0 atom stereocenters. The molecule has 0 unspecified atom stereocenters. The van der Waals surface area contributed by atoms with Gasteiger partial charge in [0.15, 0.2) is 0 Å². The molecule has 0 radical (unpaired) electrons. The summed E-state index contributed by atoms with van der Waals surface area (Å²) >= 11 is 0. The van der Waals surface area contributed by atoms with Crippen molar-refractivity contribution in [2.45, 2.75) is 12.4 Å². The maximum absolute atomic E-state index is 12.6. The van der Waals surface area contributed by atoms with Crippen molar-refractivity contribution >= 4 is 0 Å². The van der Waals surface area contributed by atoms with E-state index in [0.29, 0.717) is 0 Å². The van der Waals surface area contributed by atoms with Gasteiger partial charge in [-0.1, -0.05) is 12.1 Å². The summed E-state index contributed by atoms with van der Waals surface area (Å²) < 4.78 is 85.9. The predicted octanol–water partition coefficient (Wildman–Crippen LogP) is 4.89. The van der Waals surface area contributed by atoms with Gasteiger partial charge in [0.2, 0.25) is 23.5 Å². The Labute approximate surface area is 152 Å². The zero-order chi connectivity index (χ0) is 20.4. The van der Waals surface area contributed by atoms with Crippen LogP contribution in [-0.4, -0.2) is 20.2 Å². The number of hydrogen-bond acceptors (Lipinski definition) is 6. The van der Waals surface area contributed by atoms with Crippen LogP contribution in [0.25, 0.3) is 0 Å². The molecule has 3 rings (SSSR count). The lowest BCUT2D eigenvalue weighted by atomic mass is 10.3. The number of nitrogens with zero attached hydrogens (tertiary/aromatic N) is 4. The van der Waals surface area contributed by atoms with Crippen LogP contribution in [0.15, 0.2) is 48.5 Å². The molecule has 0 saturated carbocycles. The molecule has 0 fully saturated rings. The standard InChI is InChI=1S/C16H8F6N4O2/c17-15(18,19)9-3-1-5-11(23-9)27-13-7-8-14(26-25-13)28-12-6-2-4-10(24-12)16(20,21)22/h1-8H. The maximum atomic E-state index is 12.6. The van der Waals surface area contributed by atoms with Crippen LogP contribution in [-0.2, 0) is 12.4 Å². The minimum Gasteiger partial charge on any atom is -0.419 e. The van der Waals surface area contributed by atoms with E-state index in [2.05, 4.69) is 20.2 Å². The van der Waals surface area contributed by atoms with Gasteiger partial charge in [0.25, 0.3) is 0 Å². The normalized spacial score (nSPS) is 11.9. The molecule has 6 nitrogen and oxygen atoms in total. The van der Waals surface area contributed by atoms with Crippen LogP contribution in [0.2, 0.25) is 0 Å². The Hall–Kier alpha value is -3.44. The maximum Gasteiger partial charge on any atom is 0.433 e. The van der Waals surface area contributed by atoms with Crippen LogP contribution in [0.4, 0.5) is 26.3 Å². The van der Waals surface area contributed by atoms with Crippen LogP contribution in [0, 0.1) is 0 Å². The summed E-state index contributed by atoms with van der Waals surface area (Å²) in [5.74, 6) is -1.12. The van der Waals surface area contributed by atoms with E-state index in [4.69, 9.17) is 9.47 Å². The molecule has 0 saturated heterocycles. The van der Waals surface area contributed by atoms with Gasteiger partial charge in [0, 0.05) is 24.3 Å². The Morgan fingerprint density at radius 3 is 1.25 bits per heavy atom. The molecule has 0 spiro atoms. The van der Waals surface area contributed by atoms with Crippen molar-refractivity contribution in [1.29, 1.82) is 0 Å². The average Bonchev–Trinajstić information content (AvgIpc) is 2.62. The van der Waals surface area contributed by atoms with E-state index in [9.17, 15) is 26.3 Å². The number of rotatable bonds is 4. The first-order valence-electron chi connectivity index (χ1n) is 7.39. The Bertz CT molecular complexity index is 882. The molecule has 0 aliphatic heterocycles. The van der Waals surface area contributed by atoms with Crippen LogP contribution >= 0.6 is 0 Å². The molecule has 28 heavy (non-hydrogen) atoms. The molecule has 0 bridgehead atoms. The SMILES string of the molecule is FC(F)(F)c1cccc(Oc2ccc(Oc3cccc(C(F)(F)F)n3)nn2)n1.